The van der Waals surface area contributed by atoms with Gasteiger partial charge in [0.05, 0.1) is 17.7 Å². The van der Waals surface area contributed by atoms with Gasteiger partial charge in [0.1, 0.15) is 17.0 Å². The second-order valence-corrected chi connectivity index (χ2v) is 19.9. The van der Waals surface area contributed by atoms with Crippen LogP contribution in [0.25, 0.3) is 0 Å². The number of amides is 3. The highest BCUT2D eigenvalue weighted by molar-refractivity contribution is 6.30. The highest BCUT2D eigenvalue weighted by Gasteiger charge is 2.46. The van der Waals surface area contributed by atoms with E-state index < -0.39 is 23.3 Å². The van der Waals surface area contributed by atoms with E-state index in [9.17, 15) is 19.5 Å². The van der Waals surface area contributed by atoms with E-state index in [4.69, 9.17) is 16.3 Å². The molecule has 14 heteroatoms. The predicted octanol–water partition coefficient (Wildman–Crippen LogP) is 6.70. The summed E-state index contributed by atoms with van der Waals surface area (Å²) in [7, 11) is 3.59. The Labute approximate surface area is 377 Å². The molecule has 1 aromatic rings. The van der Waals surface area contributed by atoms with Crippen molar-refractivity contribution >= 4 is 41.9 Å². The van der Waals surface area contributed by atoms with Gasteiger partial charge in [-0.25, -0.2) is 9.79 Å². The molecule has 2 heterocycles. The Morgan fingerprint density at radius 3 is 2.19 bits per heavy atom. The van der Waals surface area contributed by atoms with Gasteiger partial charge in [-0.15, -0.1) is 0 Å². The Morgan fingerprint density at radius 1 is 0.968 bits per heavy atom. The van der Waals surface area contributed by atoms with E-state index in [1.54, 1.807) is 7.05 Å². The predicted molar refractivity (Wildman–Crippen MR) is 250 cm³/mol. The summed E-state index contributed by atoms with van der Waals surface area (Å²) in [4.78, 5) is 61.2. The molecule has 5 rings (SSSR count). The monoisotopic (exact) mass is 881 g/mol. The minimum absolute atomic E-state index is 0.0147. The third-order valence-electron chi connectivity index (χ3n) is 13.9. The smallest absolute Gasteiger partial charge is 0.408 e. The summed E-state index contributed by atoms with van der Waals surface area (Å²) in [5.41, 5.74) is 0.955. The molecular weight excluding hydrogens is 804 g/mol. The molecule has 4 atom stereocenters. The lowest BCUT2D eigenvalue weighted by atomic mass is 9.74. The molecular formula is C48H77ClN8O5. The molecule has 2 aliphatic carbocycles. The number of nitrogens with zero attached hydrogens (tertiary/aromatic N) is 7. The standard InChI is InChI=1S/C48H77ClN8O5/c1-10-56(43(51-8)41-34(2)32-40(58)42(41)50-7)29-26-53(9)44(59)39(36-16-18-38(49)19-17-36)22-25-54-23-20-35(21-24-54)33-55-27-30-57(31-28-55)45(60)48(6,37-14-12-11-13-15-37)52-46(61)62-47(3,4)5/h16-19,34-35,37,39-40,58H,8,10-15,20-33H2,1-7,9H3,(H,52,61)/b43-41+,50-42?/t34-,39?,40-,48+/m1/s1. The lowest BCUT2D eigenvalue weighted by molar-refractivity contribution is -0.142. The minimum atomic E-state index is -0.986. The minimum Gasteiger partial charge on any atom is -0.444 e. The van der Waals surface area contributed by atoms with Gasteiger partial charge in [-0.3, -0.25) is 19.5 Å². The summed E-state index contributed by atoms with van der Waals surface area (Å²) in [5, 5.41) is 14.3. The van der Waals surface area contributed by atoms with Crippen LogP contribution in [0, 0.1) is 17.8 Å². The van der Waals surface area contributed by atoms with Crippen molar-refractivity contribution in [2.45, 2.75) is 122 Å². The molecule has 4 fully saturated rings. The van der Waals surface area contributed by atoms with Gasteiger partial charge in [0.2, 0.25) is 11.8 Å². The van der Waals surface area contributed by atoms with Crippen molar-refractivity contribution in [1.82, 2.24) is 29.8 Å². The van der Waals surface area contributed by atoms with E-state index in [1.165, 1.54) is 6.42 Å². The number of rotatable bonds is 16. The molecule has 4 aliphatic rings. The number of alkyl carbamates (subject to hydrolysis) is 1. The zero-order valence-corrected chi connectivity index (χ0v) is 39.9. The molecule has 0 radical (unpaired) electrons. The number of nitrogens with one attached hydrogen (secondary N) is 1. The summed E-state index contributed by atoms with van der Waals surface area (Å²) in [5.74, 6) is 1.30. The Bertz CT molecular complexity index is 1730. The van der Waals surface area contributed by atoms with Crippen LogP contribution in [0.5, 0.6) is 0 Å². The zero-order valence-electron chi connectivity index (χ0n) is 39.1. The SMILES string of the molecule is C=N/C(=C1\C(=NC)[C@H](O)C[C@H]1C)N(CC)CCN(C)C(=O)C(CCN1CCC(CN2CCN(C(=O)[C@@](C)(NC(=O)OC(C)(C)C)C3CCCCC3)CC2)CC1)c1ccc(Cl)cc1. The van der Waals surface area contributed by atoms with Gasteiger partial charge in [0.25, 0.3) is 0 Å². The quantitative estimate of drug-likeness (QED) is 0.176. The molecule has 1 unspecified atom stereocenters. The van der Waals surface area contributed by atoms with Crippen molar-refractivity contribution in [2.24, 2.45) is 27.7 Å². The maximum absolute atomic E-state index is 14.3. The number of hydrogen-bond acceptors (Lipinski definition) is 10. The fourth-order valence-corrected chi connectivity index (χ4v) is 10.3. The number of ether oxygens (including phenoxy) is 1. The maximum atomic E-state index is 14.3. The van der Waals surface area contributed by atoms with Crippen LogP contribution in [-0.2, 0) is 14.3 Å². The Balaban J connectivity index is 1.12. The van der Waals surface area contributed by atoms with Gasteiger partial charge in [-0.1, -0.05) is 49.9 Å². The Kier molecular flexibility index (Phi) is 17.9. The summed E-state index contributed by atoms with van der Waals surface area (Å²) < 4.78 is 5.63. The first-order valence-electron chi connectivity index (χ1n) is 23.3. The molecule has 2 saturated heterocycles. The molecule has 1 aromatic carbocycles. The number of piperazine rings is 1. The molecule has 3 amide bonds. The number of carbonyl (C=O) groups is 3. The molecule has 346 valence electrons. The Hall–Kier alpha value is -3.52. The number of carbonyl (C=O) groups excluding carboxylic acids is 3. The number of piperidine rings is 1. The second-order valence-electron chi connectivity index (χ2n) is 19.4. The van der Waals surface area contributed by atoms with Crippen molar-refractivity contribution in [1.29, 1.82) is 0 Å². The normalized spacial score (nSPS) is 24.0. The topological polar surface area (TPSA) is 134 Å². The number of halogens is 1. The summed E-state index contributed by atoms with van der Waals surface area (Å²) in [6.07, 6.45) is 7.56. The first-order chi connectivity index (χ1) is 29.5. The van der Waals surface area contributed by atoms with Crippen molar-refractivity contribution < 1.29 is 24.2 Å². The number of likely N-dealkylation sites (N-methyl/N-ethyl adjacent to an activating group) is 2. The molecule has 0 bridgehead atoms. The van der Waals surface area contributed by atoms with E-state index in [1.807, 2.05) is 68.8 Å². The van der Waals surface area contributed by atoms with Crippen LogP contribution in [0.1, 0.15) is 111 Å². The summed E-state index contributed by atoms with van der Waals surface area (Å²) in [6, 6.07) is 7.69. The molecule has 2 aliphatic heterocycles. The van der Waals surface area contributed by atoms with Gasteiger partial charge in [-0.2, -0.15) is 0 Å². The van der Waals surface area contributed by atoms with Crippen molar-refractivity contribution in [2.75, 3.05) is 86.1 Å². The van der Waals surface area contributed by atoms with Crippen LogP contribution in [0.4, 0.5) is 4.79 Å². The lowest BCUT2D eigenvalue weighted by Gasteiger charge is -2.45. The van der Waals surface area contributed by atoms with Crippen molar-refractivity contribution in [3.63, 3.8) is 0 Å². The van der Waals surface area contributed by atoms with E-state index >= 15 is 0 Å². The fraction of sp³-hybridized carbons (Fsp3) is 0.729. The first-order valence-corrected chi connectivity index (χ1v) is 23.7. The van der Waals surface area contributed by atoms with Crippen LogP contribution < -0.4 is 5.32 Å². The van der Waals surface area contributed by atoms with E-state index in [0.717, 1.165) is 94.8 Å². The van der Waals surface area contributed by atoms with Gasteiger partial charge >= 0.3 is 6.09 Å². The fourth-order valence-electron chi connectivity index (χ4n) is 10.2. The van der Waals surface area contributed by atoms with Gasteiger partial charge in [0.15, 0.2) is 0 Å². The molecule has 0 spiro atoms. The van der Waals surface area contributed by atoms with E-state index in [0.29, 0.717) is 62.2 Å². The molecule has 2 N–H and O–H groups in total. The van der Waals surface area contributed by atoms with E-state index in [2.05, 4.69) is 50.6 Å². The average molecular weight is 882 g/mol. The third kappa shape index (κ3) is 12.8. The number of likely N-dealkylation sites (tertiary alicyclic amines) is 1. The van der Waals surface area contributed by atoms with Crippen LogP contribution in [0.3, 0.4) is 0 Å². The third-order valence-corrected chi connectivity index (χ3v) is 14.1. The zero-order chi connectivity index (χ0) is 45.2. The Morgan fingerprint density at radius 2 is 1.61 bits per heavy atom. The van der Waals surface area contributed by atoms with Crippen LogP contribution in [-0.4, -0.2) is 163 Å². The average Bonchev–Trinajstić information content (AvgIpc) is 3.54. The van der Waals surface area contributed by atoms with Gasteiger partial charge in [-0.05, 0) is 135 Å². The molecule has 62 heavy (non-hydrogen) atoms. The highest BCUT2D eigenvalue weighted by atomic mass is 35.5. The number of hydrogen-bond donors (Lipinski definition) is 2. The number of aliphatic imine (C=N–C) groups is 2. The number of aliphatic hydroxyl groups is 1. The summed E-state index contributed by atoms with van der Waals surface area (Å²) >= 11 is 6.29. The first kappa shape index (κ1) is 49.5. The summed E-state index contributed by atoms with van der Waals surface area (Å²) in [6.45, 7) is 24.0. The van der Waals surface area contributed by atoms with Crippen LogP contribution >= 0.6 is 11.6 Å². The van der Waals surface area contributed by atoms with Crippen molar-refractivity contribution in [3.05, 3.63) is 46.2 Å². The second kappa shape index (κ2) is 22.4. The maximum Gasteiger partial charge on any atom is 0.408 e. The van der Waals surface area contributed by atoms with Gasteiger partial charge < -0.3 is 34.8 Å². The van der Waals surface area contributed by atoms with Crippen LogP contribution in [0.15, 0.2) is 45.6 Å². The van der Waals surface area contributed by atoms with Crippen molar-refractivity contribution in [3.8, 4) is 0 Å². The van der Waals surface area contributed by atoms with E-state index in [-0.39, 0.29) is 29.6 Å². The lowest BCUT2D eigenvalue weighted by Crippen LogP contribution is -2.65. The van der Waals surface area contributed by atoms with Gasteiger partial charge in [0, 0.05) is 77.0 Å². The number of benzene rings is 1. The molecule has 0 aromatic heterocycles. The van der Waals surface area contributed by atoms with Crippen LogP contribution in [0.2, 0.25) is 5.02 Å². The number of aliphatic hydroxyl groups excluding tert-OH is 1. The largest absolute Gasteiger partial charge is 0.444 e. The highest BCUT2D eigenvalue weighted by Crippen LogP contribution is 2.36. The molecule has 13 nitrogen and oxygen atoms in total. The molecule has 2 saturated carbocycles.